The summed E-state index contributed by atoms with van der Waals surface area (Å²) in [4.78, 5) is 0. The summed E-state index contributed by atoms with van der Waals surface area (Å²) >= 11 is 0. The second-order valence-corrected chi connectivity index (χ2v) is 2.98. The molecule has 1 heteroatoms. The standard InChI is InChI=1S/C11H15N/c1-3-5-10-6-4-7-11(8-10)9(2)12/h4,6-8H,2-3,5,12H2,1H3. The molecule has 0 bridgehead atoms. The van der Waals surface area contributed by atoms with E-state index in [0.29, 0.717) is 5.70 Å². The molecule has 1 aromatic rings. The van der Waals surface area contributed by atoms with E-state index in [9.17, 15) is 0 Å². The molecule has 0 atom stereocenters. The number of hydrogen-bond donors (Lipinski definition) is 1. The van der Waals surface area contributed by atoms with Gasteiger partial charge in [0.15, 0.2) is 0 Å². The van der Waals surface area contributed by atoms with Gasteiger partial charge in [0.05, 0.1) is 0 Å². The van der Waals surface area contributed by atoms with Crippen LogP contribution < -0.4 is 5.73 Å². The summed E-state index contributed by atoms with van der Waals surface area (Å²) in [5.41, 5.74) is 8.61. The molecule has 1 nitrogen and oxygen atoms in total. The van der Waals surface area contributed by atoms with Crippen molar-refractivity contribution in [3.05, 3.63) is 42.0 Å². The summed E-state index contributed by atoms with van der Waals surface area (Å²) < 4.78 is 0. The van der Waals surface area contributed by atoms with Gasteiger partial charge in [-0.05, 0) is 23.6 Å². The van der Waals surface area contributed by atoms with Crippen LogP contribution in [0.2, 0.25) is 0 Å². The molecule has 0 saturated heterocycles. The number of rotatable bonds is 3. The predicted octanol–water partition coefficient (Wildman–Crippen LogP) is 2.57. The zero-order valence-electron chi connectivity index (χ0n) is 7.51. The minimum Gasteiger partial charge on any atom is -0.399 e. The van der Waals surface area contributed by atoms with Crippen molar-refractivity contribution in [2.24, 2.45) is 5.73 Å². The van der Waals surface area contributed by atoms with Crippen LogP contribution in [0.5, 0.6) is 0 Å². The third-order valence-electron chi connectivity index (χ3n) is 1.84. The lowest BCUT2D eigenvalue weighted by molar-refractivity contribution is 0.921. The maximum atomic E-state index is 5.58. The number of aryl methyl sites for hydroxylation is 1. The van der Waals surface area contributed by atoms with Crippen LogP contribution in [0.1, 0.15) is 24.5 Å². The Balaban J connectivity index is 2.88. The van der Waals surface area contributed by atoms with Crippen molar-refractivity contribution < 1.29 is 0 Å². The van der Waals surface area contributed by atoms with E-state index in [1.165, 1.54) is 12.0 Å². The van der Waals surface area contributed by atoms with Crippen molar-refractivity contribution in [2.75, 3.05) is 0 Å². The largest absolute Gasteiger partial charge is 0.399 e. The molecule has 64 valence electrons. The van der Waals surface area contributed by atoms with Gasteiger partial charge in [0.2, 0.25) is 0 Å². The van der Waals surface area contributed by atoms with Crippen LogP contribution in [0.25, 0.3) is 5.70 Å². The Bertz CT molecular complexity index is 276. The SMILES string of the molecule is C=C(N)c1cccc(CCC)c1. The molecule has 0 radical (unpaired) electrons. The number of nitrogens with two attached hydrogens (primary N) is 1. The van der Waals surface area contributed by atoms with Gasteiger partial charge in [-0.2, -0.15) is 0 Å². The Morgan fingerprint density at radius 1 is 1.50 bits per heavy atom. The maximum absolute atomic E-state index is 5.58. The van der Waals surface area contributed by atoms with Gasteiger partial charge >= 0.3 is 0 Å². The lowest BCUT2D eigenvalue weighted by Gasteiger charge is -2.02. The van der Waals surface area contributed by atoms with Gasteiger partial charge in [-0.25, -0.2) is 0 Å². The molecular formula is C11H15N. The maximum Gasteiger partial charge on any atom is 0.0314 e. The molecule has 0 unspecified atom stereocenters. The second-order valence-electron chi connectivity index (χ2n) is 2.98. The van der Waals surface area contributed by atoms with E-state index in [1.54, 1.807) is 0 Å². The van der Waals surface area contributed by atoms with E-state index < -0.39 is 0 Å². The zero-order chi connectivity index (χ0) is 8.97. The van der Waals surface area contributed by atoms with Gasteiger partial charge in [0.25, 0.3) is 0 Å². The third kappa shape index (κ3) is 2.12. The normalized spacial score (nSPS) is 9.75. The van der Waals surface area contributed by atoms with Crippen LogP contribution in [0.15, 0.2) is 30.8 Å². The summed E-state index contributed by atoms with van der Waals surface area (Å²) in [7, 11) is 0. The molecule has 1 rings (SSSR count). The molecule has 0 spiro atoms. The van der Waals surface area contributed by atoms with Gasteiger partial charge < -0.3 is 5.73 Å². The lowest BCUT2D eigenvalue weighted by atomic mass is 10.1. The van der Waals surface area contributed by atoms with Crippen molar-refractivity contribution in [1.82, 2.24) is 0 Å². The van der Waals surface area contributed by atoms with Crippen molar-refractivity contribution >= 4 is 5.70 Å². The fourth-order valence-electron chi connectivity index (χ4n) is 1.22. The summed E-state index contributed by atoms with van der Waals surface area (Å²) in [6, 6.07) is 8.24. The second kappa shape index (κ2) is 3.96. The van der Waals surface area contributed by atoms with E-state index in [0.717, 1.165) is 12.0 Å². The summed E-state index contributed by atoms with van der Waals surface area (Å²) in [6.07, 6.45) is 2.28. The Morgan fingerprint density at radius 2 is 2.25 bits per heavy atom. The Labute approximate surface area is 73.9 Å². The molecule has 0 amide bonds. The number of benzene rings is 1. The average Bonchev–Trinajstić information content (AvgIpc) is 2.05. The quantitative estimate of drug-likeness (QED) is 0.724. The molecule has 0 aliphatic carbocycles. The first-order chi connectivity index (χ1) is 5.74. The molecule has 0 aromatic heterocycles. The molecule has 0 aliphatic heterocycles. The Kier molecular flexibility index (Phi) is 2.92. The van der Waals surface area contributed by atoms with Crippen molar-refractivity contribution in [1.29, 1.82) is 0 Å². The highest BCUT2D eigenvalue weighted by molar-refractivity contribution is 5.60. The van der Waals surface area contributed by atoms with Crippen molar-refractivity contribution in [3.8, 4) is 0 Å². The highest BCUT2D eigenvalue weighted by Gasteiger charge is 1.95. The summed E-state index contributed by atoms with van der Waals surface area (Å²) in [6.45, 7) is 5.87. The van der Waals surface area contributed by atoms with Crippen LogP contribution in [0, 0.1) is 0 Å². The molecule has 0 heterocycles. The highest BCUT2D eigenvalue weighted by atomic mass is 14.6. The average molecular weight is 161 g/mol. The van der Waals surface area contributed by atoms with E-state index in [1.807, 2.05) is 12.1 Å². The van der Waals surface area contributed by atoms with Crippen LogP contribution in [0.4, 0.5) is 0 Å². The first-order valence-corrected chi connectivity index (χ1v) is 4.27. The van der Waals surface area contributed by atoms with Gasteiger partial charge in [0, 0.05) is 5.70 Å². The van der Waals surface area contributed by atoms with Gasteiger partial charge in [-0.15, -0.1) is 0 Å². The summed E-state index contributed by atoms with van der Waals surface area (Å²) in [5, 5.41) is 0. The van der Waals surface area contributed by atoms with Gasteiger partial charge in [0.1, 0.15) is 0 Å². The van der Waals surface area contributed by atoms with Crippen LogP contribution in [-0.2, 0) is 6.42 Å². The fourth-order valence-corrected chi connectivity index (χ4v) is 1.22. The van der Waals surface area contributed by atoms with Crippen LogP contribution >= 0.6 is 0 Å². The molecule has 12 heavy (non-hydrogen) atoms. The van der Waals surface area contributed by atoms with E-state index in [4.69, 9.17) is 5.73 Å². The Hall–Kier alpha value is -1.24. The monoisotopic (exact) mass is 161 g/mol. The Morgan fingerprint density at radius 3 is 2.83 bits per heavy atom. The minimum atomic E-state index is 0.646. The van der Waals surface area contributed by atoms with Gasteiger partial charge in [-0.3, -0.25) is 0 Å². The van der Waals surface area contributed by atoms with Crippen molar-refractivity contribution in [2.45, 2.75) is 19.8 Å². The third-order valence-corrected chi connectivity index (χ3v) is 1.84. The molecule has 0 saturated carbocycles. The van der Waals surface area contributed by atoms with E-state index >= 15 is 0 Å². The van der Waals surface area contributed by atoms with Gasteiger partial charge in [-0.1, -0.05) is 38.1 Å². The topological polar surface area (TPSA) is 26.0 Å². The van der Waals surface area contributed by atoms with E-state index in [-0.39, 0.29) is 0 Å². The molecular weight excluding hydrogens is 146 g/mol. The lowest BCUT2D eigenvalue weighted by Crippen LogP contribution is -1.94. The summed E-state index contributed by atoms with van der Waals surface area (Å²) in [5.74, 6) is 0. The fraction of sp³-hybridized carbons (Fsp3) is 0.273. The highest BCUT2D eigenvalue weighted by Crippen LogP contribution is 2.11. The number of hydrogen-bond acceptors (Lipinski definition) is 1. The molecule has 0 aliphatic rings. The first kappa shape index (κ1) is 8.85. The minimum absolute atomic E-state index is 0.646. The molecule has 1 aromatic carbocycles. The first-order valence-electron chi connectivity index (χ1n) is 4.27. The molecule has 2 N–H and O–H groups in total. The van der Waals surface area contributed by atoms with Crippen molar-refractivity contribution in [3.63, 3.8) is 0 Å². The predicted molar refractivity (Wildman–Crippen MR) is 53.7 cm³/mol. The smallest absolute Gasteiger partial charge is 0.0314 e. The zero-order valence-corrected chi connectivity index (χ0v) is 7.51. The molecule has 0 fully saturated rings. The van der Waals surface area contributed by atoms with E-state index in [2.05, 4.69) is 25.6 Å². The van der Waals surface area contributed by atoms with Crippen LogP contribution in [0.3, 0.4) is 0 Å². The van der Waals surface area contributed by atoms with Crippen LogP contribution in [-0.4, -0.2) is 0 Å².